The Morgan fingerprint density at radius 3 is 2.67 bits per heavy atom. The molecule has 0 unspecified atom stereocenters. The molecule has 15 heavy (non-hydrogen) atoms. The molecule has 1 N–H and O–H groups in total. The highest BCUT2D eigenvalue weighted by molar-refractivity contribution is 5.23. The molecule has 1 aliphatic heterocycles. The third-order valence-electron chi connectivity index (χ3n) is 4.31. The van der Waals surface area contributed by atoms with Crippen LogP contribution in [0.5, 0.6) is 0 Å². The summed E-state index contributed by atoms with van der Waals surface area (Å²) in [6.07, 6.45) is 11.6. The van der Waals surface area contributed by atoms with Gasteiger partial charge in [-0.2, -0.15) is 0 Å². The second-order valence-electron chi connectivity index (χ2n) is 5.35. The predicted molar refractivity (Wildman–Crippen MR) is 61.7 cm³/mol. The maximum absolute atomic E-state index is 3.62. The molecule has 1 aromatic rings. The third-order valence-corrected chi connectivity index (χ3v) is 4.31. The van der Waals surface area contributed by atoms with E-state index in [-0.39, 0.29) is 0 Å². The first kappa shape index (κ1) is 9.46. The molecule has 2 heterocycles. The minimum atomic E-state index is 0.611. The van der Waals surface area contributed by atoms with Crippen LogP contribution < -0.4 is 5.32 Å². The summed E-state index contributed by atoms with van der Waals surface area (Å²) in [6.45, 7) is 1.24. The van der Waals surface area contributed by atoms with Gasteiger partial charge in [-0.3, -0.25) is 0 Å². The first-order valence-corrected chi connectivity index (χ1v) is 6.15. The van der Waals surface area contributed by atoms with Crippen LogP contribution in [0.3, 0.4) is 0 Å². The number of hydrogen-bond acceptors (Lipinski definition) is 1. The third kappa shape index (κ3) is 1.43. The van der Waals surface area contributed by atoms with Crippen LogP contribution in [0.4, 0.5) is 0 Å². The maximum atomic E-state index is 3.62. The van der Waals surface area contributed by atoms with Crippen molar-refractivity contribution in [2.45, 2.75) is 38.1 Å². The van der Waals surface area contributed by atoms with Crippen LogP contribution in [0, 0.1) is 5.41 Å². The van der Waals surface area contributed by atoms with Crippen molar-refractivity contribution >= 4 is 0 Å². The fourth-order valence-corrected chi connectivity index (χ4v) is 3.38. The molecule has 0 radical (unpaired) electrons. The fourth-order valence-electron chi connectivity index (χ4n) is 3.38. The second kappa shape index (κ2) is 3.38. The van der Waals surface area contributed by atoms with Crippen molar-refractivity contribution in [3.63, 3.8) is 0 Å². The zero-order valence-electron chi connectivity index (χ0n) is 9.50. The Labute approximate surface area is 91.7 Å². The van der Waals surface area contributed by atoms with E-state index in [2.05, 4.69) is 35.4 Å². The monoisotopic (exact) mass is 204 g/mol. The molecule has 1 atom stereocenters. The molecular formula is C13H20N2. The van der Waals surface area contributed by atoms with Crippen molar-refractivity contribution in [3.8, 4) is 0 Å². The van der Waals surface area contributed by atoms with Gasteiger partial charge in [-0.25, -0.2) is 0 Å². The van der Waals surface area contributed by atoms with Crippen molar-refractivity contribution in [1.82, 2.24) is 9.88 Å². The molecule has 0 aromatic carbocycles. The van der Waals surface area contributed by atoms with Crippen LogP contribution in [0.2, 0.25) is 0 Å². The smallest absolute Gasteiger partial charge is 0.0404 e. The Bertz CT molecular complexity index is 347. The van der Waals surface area contributed by atoms with Gasteiger partial charge < -0.3 is 9.88 Å². The summed E-state index contributed by atoms with van der Waals surface area (Å²) in [5, 5.41) is 3.62. The van der Waals surface area contributed by atoms with E-state index >= 15 is 0 Å². The Morgan fingerprint density at radius 1 is 1.33 bits per heavy atom. The van der Waals surface area contributed by atoms with Gasteiger partial charge in [0.15, 0.2) is 0 Å². The first-order chi connectivity index (χ1) is 7.30. The quantitative estimate of drug-likeness (QED) is 0.744. The molecule has 82 valence electrons. The highest BCUT2D eigenvalue weighted by Crippen LogP contribution is 2.51. The van der Waals surface area contributed by atoms with Gasteiger partial charge in [0.1, 0.15) is 0 Å². The topological polar surface area (TPSA) is 17.0 Å². The van der Waals surface area contributed by atoms with E-state index < -0.39 is 0 Å². The minimum Gasteiger partial charge on any atom is -0.357 e. The Hall–Kier alpha value is -0.760. The van der Waals surface area contributed by atoms with Crippen LogP contribution in [-0.4, -0.2) is 11.1 Å². The van der Waals surface area contributed by atoms with Gasteiger partial charge in [-0.15, -0.1) is 0 Å². The van der Waals surface area contributed by atoms with Crippen molar-refractivity contribution in [2.75, 3.05) is 6.54 Å². The lowest BCUT2D eigenvalue weighted by Crippen LogP contribution is -2.56. The van der Waals surface area contributed by atoms with Gasteiger partial charge in [0.05, 0.1) is 0 Å². The number of hydrogen-bond donors (Lipinski definition) is 1. The Balaban J connectivity index is 1.82. The maximum Gasteiger partial charge on any atom is 0.0404 e. The van der Waals surface area contributed by atoms with E-state index in [9.17, 15) is 0 Å². The lowest BCUT2D eigenvalue weighted by Gasteiger charge is -2.53. The molecule has 0 amide bonds. The summed E-state index contributed by atoms with van der Waals surface area (Å²) in [6, 6.07) is 2.91. The molecule has 1 saturated heterocycles. The fraction of sp³-hybridized carbons (Fsp3) is 0.692. The van der Waals surface area contributed by atoms with E-state index in [4.69, 9.17) is 0 Å². The molecule has 1 saturated carbocycles. The molecule has 3 rings (SSSR count). The van der Waals surface area contributed by atoms with Gasteiger partial charge in [0.2, 0.25) is 0 Å². The van der Waals surface area contributed by atoms with Crippen LogP contribution in [0.25, 0.3) is 0 Å². The summed E-state index contributed by atoms with van der Waals surface area (Å²) in [5.41, 5.74) is 2.10. The standard InChI is InChI=1S/C13H20N2/c1-15-8-5-11(9-15)12-13(10-14-12)6-3-2-4-7-13/h5,8-9,12,14H,2-4,6-7,10H2,1H3/t12-/m0/s1. The zero-order valence-corrected chi connectivity index (χ0v) is 9.50. The molecule has 2 nitrogen and oxygen atoms in total. The molecule has 2 heteroatoms. The lowest BCUT2D eigenvalue weighted by atomic mass is 9.63. The first-order valence-electron chi connectivity index (χ1n) is 6.15. The normalized spacial score (nSPS) is 29.0. The van der Waals surface area contributed by atoms with Crippen molar-refractivity contribution < 1.29 is 0 Å². The minimum absolute atomic E-state index is 0.611. The van der Waals surface area contributed by atoms with Gasteiger partial charge in [0.25, 0.3) is 0 Å². The van der Waals surface area contributed by atoms with E-state index in [0.717, 1.165) is 0 Å². The molecule has 1 aliphatic carbocycles. The summed E-state index contributed by atoms with van der Waals surface area (Å²) < 4.78 is 2.16. The Kier molecular flexibility index (Phi) is 2.13. The van der Waals surface area contributed by atoms with Gasteiger partial charge >= 0.3 is 0 Å². The number of nitrogens with one attached hydrogen (secondary N) is 1. The summed E-state index contributed by atoms with van der Waals surface area (Å²) in [7, 11) is 2.11. The van der Waals surface area contributed by atoms with Crippen LogP contribution >= 0.6 is 0 Å². The summed E-state index contributed by atoms with van der Waals surface area (Å²) in [5.74, 6) is 0. The van der Waals surface area contributed by atoms with Crippen LogP contribution in [-0.2, 0) is 7.05 Å². The van der Waals surface area contributed by atoms with Crippen molar-refractivity contribution in [2.24, 2.45) is 12.5 Å². The van der Waals surface area contributed by atoms with Crippen molar-refractivity contribution in [3.05, 3.63) is 24.0 Å². The number of nitrogens with zero attached hydrogens (tertiary/aromatic N) is 1. The van der Waals surface area contributed by atoms with E-state index in [1.54, 1.807) is 0 Å². The van der Waals surface area contributed by atoms with Gasteiger partial charge in [-0.1, -0.05) is 19.3 Å². The molecule has 2 aliphatic rings. The SMILES string of the molecule is Cn1ccc([C@@H]2NCC23CCCCC3)c1. The number of rotatable bonds is 1. The van der Waals surface area contributed by atoms with Crippen LogP contribution in [0.1, 0.15) is 43.7 Å². The molecule has 1 spiro atoms. The zero-order chi connectivity index (χ0) is 10.3. The lowest BCUT2D eigenvalue weighted by molar-refractivity contribution is 0.0361. The van der Waals surface area contributed by atoms with Crippen LogP contribution in [0.15, 0.2) is 18.5 Å². The molecule has 1 aromatic heterocycles. The highest BCUT2D eigenvalue weighted by atomic mass is 15.1. The molecule has 0 bridgehead atoms. The van der Waals surface area contributed by atoms with Gasteiger partial charge in [0, 0.05) is 37.4 Å². The second-order valence-corrected chi connectivity index (χ2v) is 5.35. The number of aryl methyl sites for hydroxylation is 1. The summed E-state index contributed by atoms with van der Waals surface area (Å²) in [4.78, 5) is 0. The predicted octanol–water partition coefficient (Wildman–Crippen LogP) is 2.62. The highest BCUT2D eigenvalue weighted by Gasteiger charge is 2.47. The average molecular weight is 204 g/mol. The number of aromatic nitrogens is 1. The largest absolute Gasteiger partial charge is 0.357 e. The summed E-state index contributed by atoms with van der Waals surface area (Å²) >= 11 is 0. The average Bonchev–Trinajstić information content (AvgIpc) is 2.64. The Morgan fingerprint density at radius 2 is 2.13 bits per heavy atom. The van der Waals surface area contributed by atoms with Crippen molar-refractivity contribution in [1.29, 1.82) is 0 Å². The molecular weight excluding hydrogens is 184 g/mol. The van der Waals surface area contributed by atoms with Gasteiger partial charge in [-0.05, 0) is 24.5 Å². The van der Waals surface area contributed by atoms with E-state index in [1.165, 1.54) is 44.2 Å². The van der Waals surface area contributed by atoms with E-state index in [0.29, 0.717) is 11.5 Å². The van der Waals surface area contributed by atoms with E-state index in [1.807, 2.05) is 0 Å². The molecule has 2 fully saturated rings.